The first-order chi connectivity index (χ1) is 6.83. The van der Waals surface area contributed by atoms with E-state index < -0.39 is 0 Å². The number of aliphatic imine (C=N–C) groups is 1. The molecule has 1 aromatic rings. The van der Waals surface area contributed by atoms with Gasteiger partial charge < -0.3 is 11.5 Å². The highest BCUT2D eigenvalue weighted by molar-refractivity contribution is 5.58. The second-order valence-corrected chi connectivity index (χ2v) is 2.11. The minimum atomic E-state index is 0.896. The molecule has 0 aliphatic heterocycles. The fraction of sp³-hybridized carbons (Fsp3) is 0.364. The lowest BCUT2D eigenvalue weighted by Crippen LogP contribution is -1.85. The summed E-state index contributed by atoms with van der Waals surface area (Å²) in [6, 6.07) is 7.86. The highest BCUT2D eigenvalue weighted by Gasteiger charge is 1.84. The molecule has 0 saturated carbocycles. The molecule has 0 heterocycles. The number of nitrogens with two attached hydrogens (primary N) is 2. The molecule has 3 heteroatoms. The predicted octanol–water partition coefficient (Wildman–Crippen LogP) is 2.21. The first-order valence-electron chi connectivity index (χ1n) is 4.71. The summed E-state index contributed by atoms with van der Waals surface area (Å²) in [4.78, 5) is 3.90. The quantitative estimate of drug-likeness (QED) is 0.533. The number of nitrogens with zero attached hydrogens (tertiary/aromatic N) is 1. The van der Waals surface area contributed by atoms with Crippen molar-refractivity contribution in [1.82, 2.24) is 0 Å². The second kappa shape index (κ2) is 11.6. The summed E-state index contributed by atoms with van der Waals surface area (Å²) < 4.78 is 0. The van der Waals surface area contributed by atoms with Crippen LogP contribution >= 0.6 is 0 Å². The normalized spacial score (nSPS) is 8.36. The van der Waals surface area contributed by atoms with Crippen molar-refractivity contribution in [3.05, 3.63) is 29.8 Å². The fourth-order valence-corrected chi connectivity index (χ4v) is 0.717. The van der Waals surface area contributed by atoms with E-state index in [1.54, 1.807) is 0 Å². The molecule has 1 rings (SSSR count). The number of aryl methyl sites for hydroxylation is 1. The third-order valence-corrected chi connectivity index (χ3v) is 1.26. The maximum absolute atomic E-state index is 5.11. The van der Waals surface area contributed by atoms with Crippen molar-refractivity contribution in [1.29, 1.82) is 0 Å². The Morgan fingerprint density at radius 2 is 1.50 bits per heavy atom. The molecule has 0 aromatic heterocycles. The molecule has 0 unspecified atom stereocenters. The molecule has 0 spiro atoms. The predicted molar refractivity (Wildman–Crippen MR) is 65.0 cm³/mol. The Kier molecular flexibility index (Phi) is 12.6. The number of hydrogen-bond donors (Lipinski definition) is 2. The molecule has 4 N–H and O–H groups in total. The lowest BCUT2D eigenvalue weighted by molar-refractivity contribution is 1.43. The topological polar surface area (TPSA) is 64.4 Å². The Morgan fingerprint density at radius 1 is 1.07 bits per heavy atom. The van der Waals surface area contributed by atoms with Crippen LogP contribution in [0.2, 0.25) is 0 Å². The van der Waals surface area contributed by atoms with E-state index in [4.69, 9.17) is 5.73 Å². The highest BCUT2D eigenvalue weighted by atomic mass is 14.8. The number of benzene rings is 1. The average Bonchev–Trinajstić information content (AvgIpc) is 2.28. The van der Waals surface area contributed by atoms with Crippen LogP contribution in [-0.4, -0.2) is 13.4 Å². The monoisotopic (exact) mass is 195 g/mol. The Hall–Kier alpha value is -1.35. The highest BCUT2D eigenvalue weighted by Crippen LogP contribution is 2.10. The van der Waals surface area contributed by atoms with Crippen LogP contribution in [0, 0.1) is 6.92 Å². The zero-order valence-electron chi connectivity index (χ0n) is 9.49. The molecule has 0 saturated heterocycles. The SMILES string of the molecule is CC.CN.Cc1ccc(N=CN)cc1. The van der Waals surface area contributed by atoms with Crippen LogP contribution in [0.4, 0.5) is 5.69 Å². The van der Waals surface area contributed by atoms with Crippen molar-refractivity contribution < 1.29 is 0 Å². The van der Waals surface area contributed by atoms with E-state index in [1.807, 2.05) is 45.0 Å². The summed E-state index contributed by atoms with van der Waals surface area (Å²) in [6.45, 7) is 6.04. The summed E-state index contributed by atoms with van der Waals surface area (Å²) in [7, 11) is 1.50. The molecule has 3 nitrogen and oxygen atoms in total. The van der Waals surface area contributed by atoms with Gasteiger partial charge in [0.1, 0.15) is 0 Å². The van der Waals surface area contributed by atoms with E-state index in [9.17, 15) is 0 Å². The minimum Gasteiger partial charge on any atom is -0.390 e. The fourth-order valence-electron chi connectivity index (χ4n) is 0.717. The first-order valence-corrected chi connectivity index (χ1v) is 4.71. The van der Waals surface area contributed by atoms with Gasteiger partial charge in [-0.2, -0.15) is 0 Å². The van der Waals surface area contributed by atoms with Crippen molar-refractivity contribution in [2.75, 3.05) is 7.05 Å². The summed E-state index contributed by atoms with van der Waals surface area (Å²) in [6.07, 6.45) is 1.30. The molecule has 0 amide bonds. The van der Waals surface area contributed by atoms with E-state index in [2.05, 4.69) is 10.7 Å². The standard InChI is InChI=1S/C8H10N2.C2H6.CH5N/c1-7-2-4-8(5-3-7)10-6-9;2*1-2/h2-6H,1H3,(H2,9,10);1-2H3;2H2,1H3. The van der Waals surface area contributed by atoms with Gasteiger partial charge in [0.2, 0.25) is 0 Å². The van der Waals surface area contributed by atoms with Gasteiger partial charge in [-0.3, -0.25) is 0 Å². The van der Waals surface area contributed by atoms with Gasteiger partial charge in [-0.25, -0.2) is 4.99 Å². The molecule has 0 aliphatic carbocycles. The van der Waals surface area contributed by atoms with Crippen molar-refractivity contribution in [2.45, 2.75) is 20.8 Å². The molecular weight excluding hydrogens is 174 g/mol. The van der Waals surface area contributed by atoms with Gasteiger partial charge in [0, 0.05) is 0 Å². The minimum absolute atomic E-state index is 0.896. The zero-order chi connectivity index (χ0) is 11.4. The number of hydrogen-bond acceptors (Lipinski definition) is 2. The summed E-state index contributed by atoms with van der Waals surface area (Å²) >= 11 is 0. The van der Waals surface area contributed by atoms with Gasteiger partial charge in [-0.1, -0.05) is 31.5 Å². The van der Waals surface area contributed by atoms with Crippen LogP contribution < -0.4 is 11.5 Å². The largest absolute Gasteiger partial charge is 0.390 e. The van der Waals surface area contributed by atoms with Crippen LogP contribution in [-0.2, 0) is 0 Å². The summed E-state index contributed by atoms with van der Waals surface area (Å²) in [5, 5.41) is 0. The molecule has 0 radical (unpaired) electrons. The summed E-state index contributed by atoms with van der Waals surface area (Å²) in [5.41, 5.74) is 11.7. The Balaban J connectivity index is 0. The Labute approximate surface area is 86.8 Å². The van der Waals surface area contributed by atoms with Crippen LogP contribution in [0.1, 0.15) is 19.4 Å². The van der Waals surface area contributed by atoms with Crippen molar-refractivity contribution in [3.63, 3.8) is 0 Å². The first kappa shape index (κ1) is 15.1. The molecule has 0 atom stereocenters. The second-order valence-electron chi connectivity index (χ2n) is 2.11. The van der Waals surface area contributed by atoms with E-state index in [0.717, 1.165) is 5.69 Å². The Morgan fingerprint density at radius 3 is 1.86 bits per heavy atom. The molecule has 0 bridgehead atoms. The third kappa shape index (κ3) is 7.31. The maximum atomic E-state index is 5.11. The van der Waals surface area contributed by atoms with Crippen LogP contribution in [0.15, 0.2) is 29.3 Å². The van der Waals surface area contributed by atoms with Gasteiger partial charge in [0.25, 0.3) is 0 Å². The van der Waals surface area contributed by atoms with Gasteiger partial charge in [-0.05, 0) is 26.1 Å². The van der Waals surface area contributed by atoms with Crippen LogP contribution in [0.5, 0.6) is 0 Å². The van der Waals surface area contributed by atoms with Crippen LogP contribution in [0.3, 0.4) is 0 Å². The molecule has 0 fully saturated rings. The van der Waals surface area contributed by atoms with Gasteiger partial charge in [0.05, 0.1) is 12.0 Å². The molecule has 1 aromatic carbocycles. The van der Waals surface area contributed by atoms with E-state index in [0.29, 0.717) is 0 Å². The average molecular weight is 195 g/mol. The number of rotatable bonds is 1. The lowest BCUT2D eigenvalue weighted by atomic mass is 10.2. The molecule has 80 valence electrons. The Bertz CT molecular complexity index is 227. The van der Waals surface area contributed by atoms with Crippen molar-refractivity contribution in [2.24, 2.45) is 16.5 Å². The third-order valence-electron chi connectivity index (χ3n) is 1.26. The van der Waals surface area contributed by atoms with Gasteiger partial charge >= 0.3 is 0 Å². The van der Waals surface area contributed by atoms with E-state index in [1.165, 1.54) is 18.9 Å². The smallest absolute Gasteiger partial charge is 0.0860 e. The zero-order valence-corrected chi connectivity index (χ0v) is 9.49. The van der Waals surface area contributed by atoms with E-state index in [-0.39, 0.29) is 0 Å². The van der Waals surface area contributed by atoms with E-state index >= 15 is 0 Å². The molecular formula is C11H21N3. The lowest BCUT2D eigenvalue weighted by Gasteiger charge is -1.91. The molecule has 14 heavy (non-hydrogen) atoms. The van der Waals surface area contributed by atoms with Crippen molar-refractivity contribution in [3.8, 4) is 0 Å². The van der Waals surface area contributed by atoms with Gasteiger partial charge in [0.15, 0.2) is 0 Å². The van der Waals surface area contributed by atoms with Crippen molar-refractivity contribution >= 4 is 12.0 Å². The summed E-state index contributed by atoms with van der Waals surface area (Å²) in [5.74, 6) is 0. The maximum Gasteiger partial charge on any atom is 0.0860 e. The molecule has 0 aliphatic rings. The van der Waals surface area contributed by atoms with Crippen LogP contribution in [0.25, 0.3) is 0 Å². The van der Waals surface area contributed by atoms with Gasteiger partial charge in [-0.15, -0.1) is 0 Å².